The first-order valence-electron chi connectivity index (χ1n) is 9.79. The summed E-state index contributed by atoms with van der Waals surface area (Å²) in [5.74, 6) is 0.435. The van der Waals surface area contributed by atoms with Gasteiger partial charge in [0.25, 0.3) is 5.91 Å². The Labute approximate surface area is 177 Å². The first-order chi connectivity index (χ1) is 13.8. The highest BCUT2D eigenvalue weighted by atomic mass is 35.5. The van der Waals surface area contributed by atoms with E-state index < -0.39 is 15.9 Å². The molecule has 2 atom stereocenters. The Morgan fingerprint density at radius 2 is 1.90 bits per heavy atom. The molecule has 0 N–H and O–H groups in total. The van der Waals surface area contributed by atoms with E-state index in [1.165, 1.54) is 5.56 Å². The predicted molar refractivity (Wildman–Crippen MR) is 115 cm³/mol. The minimum absolute atomic E-state index is 0.0267. The normalized spacial score (nSPS) is 18.9. The van der Waals surface area contributed by atoms with E-state index in [2.05, 4.69) is 6.92 Å². The van der Waals surface area contributed by atoms with Gasteiger partial charge in [-0.25, -0.2) is 8.42 Å². The van der Waals surface area contributed by atoms with Crippen LogP contribution in [0.2, 0.25) is 5.02 Å². The zero-order valence-electron chi connectivity index (χ0n) is 16.7. The van der Waals surface area contributed by atoms with E-state index in [4.69, 9.17) is 16.3 Å². The van der Waals surface area contributed by atoms with Crippen LogP contribution in [0.25, 0.3) is 0 Å². The Kier molecular flexibility index (Phi) is 6.85. The summed E-state index contributed by atoms with van der Waals surface area (Å²) in [6, 6.07) is 14.5. The molecule has 5 nitrogen and oxygen atoms in total. The zero-order valence-corrected chi connectivity index (χ0v) is 18.2. The van der Waals surface area contributed by atoms with Gasteiger partial charge in [0.1, 0.15) is 5.75 Å². The van der Waals surface area contributed by atoms with Gasteiger partial charge < -0.3 is 9.64 Å². The van der Waals surface area contributed by atoms with Crippen molar-refractivity contribution < 1.29 is 17.9 Å². The fourth-order valence-electron chi connectivity index (χ4n) is 3.51. The number of amides is 1. The average molecular weight is 436 g/mol. The van der Waals surface area contributed by atoms with Crippen molar-refractivity contribution >= 4 is 27.3 Å². The average Bonchev–Trinajstić information content (AvgIpc) is 3.07. The minimum atomic E-state index is -3.14. The van der Waals surface area contributed by atoms with Crippen LogP contribution in [0.1, 0.15) is 31.4 Å². The van der Waals surface area contributed by atoms with Gasteiger partial charge in [-0.05, 0) is 49.1 Å². The van der Waals surface area contributed by atoms with Gasteiger partial charge in [-0.1, -0.05) is 48.9 Å². The standard InChI is InChI=1S/C22H26ClNO4S/c1-3-17-8-10-20(11-9-17)28-16(2)22(25)24(19-12-13-29(26,27)15-19)14-18-6-4-5-7-21(18)23/h4-11,16,19H,3,12-15H2,1-2H3. The van der Waals surface area contributed by atoms with Crippen molar-refractivity contribution in [1.29, 1.82) is 0 Å². The number of hydrogen-bond donors (Lipinski definition) is 0. The van der Waals surface area contributed by atoms with Crippen LogP contribution in [0.5, 0.6) is 5.75 Å². The maximum atomic E-state index is 13.2. The van der Waals surface area contributed by atoms with E-state index in [9.17, 15) is 13.2 Å². The number of aryl methyl sites for hydroxylation is 1. The van der Waals surface area contributed by atoms with Gasteiger partial charge in [0, 0.05) is 17.6 Å². The summed E-state index contributed by atoms with van der Waals surface area (Å²) in [5.41, 5.74) is 1.97. The van der Waals surface area contributed by atoms with Gasteiger partial charge in [-0.2, -0.15) is 0 Å². The summed E-state index contributed by atoms with van der Waals surface area (Å²) < 4.78 is 29.9. The number of rotatable bonds is 7. The third kappa shape index (κ3) is 5.52. The lowest BCUT2D eigenvalue weighted by Gasteiger charge is -2.31. The van der Waals surface area contributed by atoms with Gasteiger partial charge in [0.2, 0.25) is 0 Å². The van der Waals surface area contributed by atoms with Crippen molar-refractivity contribution in [3.8, 4) is 5.75 Å². The number of carbonyl (C=O) groups excluding carboxylic acids is 1. The summed E-state index contributed by atoms with van der Waals surface area (Å²) in [5, 5.41) is 0.551. The molecule has 3 rings (SSSR count). The lowest BCUT2D eigenvalue weighted by molar-refractivity contribution is -0.140. The third-order valence-electron chi connectivity index (χ3n) is 5.22. The van der Waals surface area contributed by atoms with Gasteiger partial charge in [-0.3, -0.25) is 4.79 Å². The summed E-state index contributed by atoms with van der Waals surface area (Å²) in [7, 11) is -3.14. The molecule has 7 heteroatoms. The zero-order chi connectivity index (χ0) is 21.0. The van der Waals surface area contributed by atoms with Crippen LogP contribution in [0.3, 0.4) is 0 Å². The summed E-state index contributed by atoms with van der Waals surface area (Å²) in [6.07, 6.45) is 0.612. The Morgan fingerprint density at radius 1 is 1.21 bits per heavy atom. The maximum Gasteiger partial charge on any atom is 0.263 e. The van der Waals surface area contributed by atoms with E-state index >= 15 is 0 Å². The van der Waals surface area contributed by atoms with Gasteiger partial charge in [0.05, 0.1) is 11.5 Å². The smallest absolute Gasteiger partial charge is 0.263 e. The monoisotopic (exact) mass is 435 g/mol. The number of hydrogen-bond acceptors (Lipinski definition) is 4. The fourth-order valence-corrected chi connectivity index (χ4v) is 5.44. The van der Waals surface area contributed by atoms with Crippen LogP contribution < -0.4 is 4.74 Å². The first-order valence-corrected chi connectivity index (χ1v) is 12.0. The SMILES string of the molecule is CCc1ccc(OC(C)C(=O)N(Cc2ccccc2Cl)C2CCS(=O)(=O)C2)cc1. The van der Waals surface area contributed by atoms with Crippen molar-refractivity contribution in [1.82, 2.24) is 4.90 Å². The van der Waals surface area contributed by atoms with Crippen LogP contribution in [-0.4, -0.2) is 42.9 Å². The fraction of sp³-hybridized carbons (Fsp3) is 0.409. The lowest BCUT2D eigenvalue weighted by atomic mass is 10.1. The molecule has 0 aliphatic carbocycles. The lowest BCUT2D eigenvalue weighted by Crippen LogP contribution is -2.46. The Hall–Kier alpha value is -2.05. The van der Waals surface area contributed by atoms with E-state index in [1.54, 1.807) is 17.9 Å². The van der Waals surface area contributed by atoms with Crippen LogP contribution in [0.4, 0.5) is 0 Å². The molecule has 2 unspecified atom stereocenters. The van der Waals surface area contributed by atoms with E-state index in [0.29, 0.717) is 17.2 Å². The highest BCUT2D eigenvalue weighted by molar-refractivity contribution is 7.91. The Bertz CT molecular complexity index is 959. The number of benzene rings is 2. The second-order valence-electron chi connectivity index (χ2n) is 7.37. The number of halogens is 1. The Balaban J connectivity index is 1.79. The number of carbonyl (C=O) groups is 1. The van der Waals surface area contributed by atoms with Gasteiger partial charge in [0.15, 0.2) is 15.9 Å². The first kappa shape index (κ1) is 21.7. The van der Waals surface area contributed by atoms with Crippen LogP contribution in [-0.2, 0) is 27.6 Å². The molecule has 0 spiro atoms. The van der Waals surface area contributed by atoms with Gasteiger partial charge in [-0.15, -0.1) is 0 Å². The second-order valence-corrected chi connectivity index (χ2v) is 10.0. The molecule has 1 amide bonds. The predicted octanol–water partition coefficient (Wildman–Crippen LogP) is 3.89. The quantitative estimate of drug-likeness (QED) is 0.661. The van der Waals surface area contributed by atoms with Crippen molar-refractivity contribution in [2.45, 2.75) is 45.4 Å². The molecule has 1 fully saturated rings. The molecule has 1 heterocycles. The molecule has 156 valence electrons. The molecule has 29 heavy (non-hydrogen) atoms. The van der Waals surface area contributed by atoms with E-state index in [1.807, 2.05) is 42.5 Å². The van der Waals surface area contributed by atoms with Crippen molar-refractivity contribution in [3.05, 3.63) is 64.7 Å². The summed E-state index contributed by atoms with van der Waals surface area (Å²) in [6.45, 7) is 4.02. The molecule has 1 saturated heterocycles. The highest BCUT2D eigenvalue weighted by Gasteiger charge is 2.36. The van der Waals surface area contributed by atoms with E-state index in [0.717, 1.165) is 12.0 Å². The highest BCUT2D eigenvalue weighted by Crippen LogP contribution is 2.25. The summed E-state index contributed by atoms with van der Waals surface area (Å²) in [4.78, 5) is 14.9. The van der Waals surface area contributed by atoms with E-state index in [-0.39, 0.29) is 30.0 Å². The Morgan fingerprint density at radius 3 is 2.48 bits per heavy atom. The molecule has 2 aromatic rings. The molecule has 0 radical (unpaired) electrons. The molecule has 1 aliphatic rings. The largest absolute Gasteiger partial charge is 0.481 e. The van der Waals surface area contributed by atoms with Crippen molar-refractivity contribution in [2.75, 3.05) is 11.5 Å². The molecule has 2 aromatic carbocycles. The van der Waals surface area contributed by atoms with Crippen molar-refractivity contribution in [3.63, 3.8) is 0 Å². The second kappa shape index (κ2) is 9.18. The molecular weight excluding hydrogens is 410 g/mol. The van der Waals surface area contributed by atoms with Gasteiger partial charge >= 0.3 is 0 Å². The maximum absolute atomic E-state index is 13.2. The number of ether oxygens (including phenoxy) is 1. The topological polar surface area (TPSA) is 63.7 Å². The molecule has 1 aliphatic heterocycles. The number of sulfone groups is 1. The molecule has 0 aromatic heterocycles. The van der Waals surface area contributed by atoms with Crippen LogP contribution >= 0.6 is 11.6 Å². The van der Waals surface area contributed by atoms with Crippen LogP contribution in [0.15, 0.2) is 48.5 Å². The molecular formula is C22H26ClNO4S. The van der Waals surface area contributed by atoms with Crippen molar-refractivity contribution in [2.24, 2.45) is 0 Å². The molecule has 0 bridgehead atoms. The molecule has 0 saturated carbocycles. The summed E-state index contributed by atoms with van der Waals surface area (Å²) >= 11 is 6.29. The minimum Gasteiger partial charge on any atom is -0.481 e. The van der Waals surface area contributed by atoms with Crippen LogP contribution in [0, 0.1) is 0 Å². The third-order valence-corrected chi connectivity index (χ3v) is 7.34. The number of nitrogens with zero attached hydrogens (tertiary/aromatic N) is 1.